The molecule has 0 unspecified atom stereocenters. The van der Waals surface area contributed by atoms with Gasteiger partial charge in [0.25, 0.3) is 11.7 Å². The summed E-state index contributed by atoms with van der Waals surface area (Å²) in [5, 5.41) is 11.4. The summed E-state index contributed by atoms with van der Waals surface area (Å²) >= 11 is 0. The monoisotopic (exact) mass is 498 g/mol. The molecule has 1 saturated heterocycles. The molecule has 1 fully saturated rings. The number of Topliss-reactive ketones (excluding diaryl/α,β-unsaturated/α-hetero) is 1. The minimum absolute atomic E-state index is 0.00650. The summed E-state index contributed by atoms with van der Waals surface area (Å²) in [4.78, 5) is 32.3. The Bertz CT molecular complexity index is 1340. The van der Waals surface area contributed by atoms with Gasteiger partial charge in [-0.05, 0) is 72.7 Å². The fraction of sp³-hybridized carbons (Fsp3) is 0.323. The number of pyridine rings is 1. The molecule has 1 atom stereocenters. The van der Waals surface area contributed by atoms with Crippen LogP contribution in [-0.4, -0.2) is 32.8 Å². The number of aliphatic hydroxyl groups excluding tert-OH is 1. The van der Waals surface area contributed by atoms with Crippen LogP contribution in [0, 0.1) is 6.92 Å². The molecule has 1 amide bonds. The highest BCUT2D eigenvalue weighted by Gasteiger charge is 2.46. The Balaban J connectivity index is 1.83. The van der Waals surface area contributed by atoms with E-state index in [1.165, 1.54) is 4.90 Å². The van der Waals surface area contributed by atoms with Gasteiger partial charge in [-0.3, -0.25) is 14.6 Å². The van der Waals surface area contributed by atoms with Crippen molar-refractivity contribution in [2.24, 2.45) is 0 Å². The van der Waals surface area contributed by atoms with Gasteiger partial charge in [0.05, 0.1) is 17.7 Å². The van der Waals surface area contributed by atoms with Crippen molar-refractivity contribution >= 4 is 17.4 Å². The van der Waals surface area contributed by atoms with Crippen molar-refractivity contribution in [2.45, 2.75) is 65.6 Å². The summed E-state index contributed by atoms with van der Waals surface area (Å²) in [6, 6.07) is 16.1. The molecule has 192 valence electrons. The molecule has 6 nitrogen and oxygen atoms in total. The topological polar surface area (TPSA) is 79.7 Å². The number of hydrogen-bond acceptors (Lipinski definition) is 5. The lowest BCUT2D eigenvalue weighted by Crippen LogP contribution is -2.29. The molecule has 0 spiro atoms. The number of benzene rings is 2. The van der Waals surface area contributed by atoms with Gasteiger partial charge in [0.15, 0.2) is 0 Å². The van der Waals surface area contributed by atoms with E-state index in [0.29, 0.717) is 11.3 Å². The molecule has 0 aliphatic carbocycles. The van der Waals surface area contributed by atoms with Crippen LogP contribution in [0.25, 0.3) is 5.76 Å². The van der Waals surface area contributed by atoms with Gasteiger partial charge in [0, 0.05) is 24.5 Å². The van der Waals surface area contributed by atoms with Crippen molar-refractivity contribution in [1.82, 2.24) is 9.88 Å². The molecular weight excluding hydrogens is 464 g/mol. The molecular formula is C31H34N2O4. The molecule has 4 rings (SSSR count). The Morgan fingerprint density at radius 2 is 1.78 bits per heavy atom. The minimum Gasteiger partial charge on any atom is -0.507 e. The highest BCUT2D eigenvalue weighted by Crippen LogP contribution is 2.41. The molecule has 1 aromatic heterocycles. The van der Waals surface area contributed by atoms with Gasteiger partial charge in [0.2, 0.25) is 0 Å². The zero-order valence-corrected chi connectivity index (χ0v) is 22.3. The standard InChI is InChI=1S/C31H34N2O4/c1-19(2)37-25-14-11-23(16-20(25)3)28(34)26-27(22-9-12-24(13-10-22)31(4,5)6)33(30(36)29(26)35)18-21-8-7-15-32-17-21/h7-17,19,27,34H,18H2,1-6H3/t27-/m0/s1. The number of ether oxygens (including phenoxy) is 1. The van der Waals surface area contributed by atoms with Crippen LogP contribution in [0.15, 0.2) is 72.6 Å². The van der Waals surface area contributed by atoms with E-state index >= 15 is 0 Å². The fourth-order valence-electron chi connectivity index (χ4n) is 4.58. The number of hydrogen-bond donors (Lipinski definition) is 1. The average molecular weight is 499 g/mol. The van der Waals surface area contributed by atoms with Gasteiger partial charge in [-0.15, -0.1) is 0 Å². The zero-order valence-electron chi connectivity index (χ0n) is 22.3. The van der Waals surface area contributed by atoms with Gasteiger partial charge in [0.1, 0.15) is 11.5 Å². The van der Waals surface area contributed by atoms with Crippen molar-refractivity contribution in [3.63, 3.8) is 0 Å². The van der Waals surface area contributed by atoms with Crippen LogP contribution in [-0.2, 0) is 21.5 Å². The van der Waals surface area contributed by atoms with Crippen LogP contribution in [0.5, 0.6) is 5.75 Å². The van der Waals surface area contributed by atoms with E-state index in [9.17, 15) is 14.7 Å². The van der Waals surface area contributed by atoms with Gasteiger partial charge in [-0.25, -0.2) is 0 Å². The molecule has 2 heterocycles. The first-order chi connectivity index (χ1) is 17.5. The Morgan fingerprint density at radius 3 is 2.35 bits per heavy atom. The number of aliphatic hydroxyl groups is 1. The third-order valence-corrected chi connectivity index (χ3v) is 6.52. The first-order valence-electron chi connectivity index (χ1n) is 12.5. The van der Waals surface area contributed by atoms with Gasteiger partial charge in [-0.1, -0.05) is 51.1 Å². The SMILES string of the molecule is Cc1cc(C(O)=C2C(=O)C(=O)N(Cc3cccnc3)[C@H]2c2ccc(C(C)(C)C)cc2)ccc1OC(C)C. The summed E-state index contributed by atoms with van der Waals surface area (Å²) in [5.41, 5.74) is 4.01. The van der Waals surface area contributed by atoms with Crippen LogP contribution >= 0.6 is 0 Å². The van der Waals surface area contributed by atoms with E-state index in [0.717, 1.165) is 22.3 Å². The Labute approximate surface area is 218 Å². The lowest BCUT2D eigenvalue weighted by atomic mass is 9.85. The first-order valence-corrected chi connectivity index (χ1v) is 12.5. The van der Waals surface area contributed by atoms with E-state index in [4.69, 9.17) is 4.74 Å². The van der Waals surface area contributed by atoms with Crippen LogP contribution in [0.4, 0.5) is 0 Å². The van der Waals surface area contributed by atoms with Gasteiger partial charge < -0.3 is 14.7 Å². The summed E-state index contributed by atoms with van der Waals surface area (Å²) in [5.74, 6) is -0.840. The maximum Gasteiger partial charge on any atom is 0.295 e. The molecule has 0 radical (unpaired) electrons. The van der Waals surface area contributed by atoms with Crippen LogP contribution in [0.1, 0.15) is 68.5 Å². The number of aryl methyl sites for hydroxylation is 1. The molecule has 6 heteroatoms. The van der Waals surface area contributed by atoms with E-state index in [2.05, 4.69) is 25.8 Å². The molecule has 1 N–H and O–H groups in total. The number of carbonyl (C=O) groups excluding carboxylic acids is 2. The lowest BCUT2D eigenvalue weighted by molar-refractivity contribution is -0.140. The van der Waals surface area contributed by atoms with Crippen molar-refractivity contribution in [3.05, 3.63) is 100 Å². The molecule has 37 heavy (non-hydrogen) atoms. The van der Waals surface area contributed by atoms with Gasteiger partial charge >= 0.3 is 0 Å². The van der Waals surface area contributed by atoms with Crippen molar-refractivity contribution < 1.29 is 19.4 Å². The van der Waals surface area contributed by atoms with E-state index < -0.39 is 17.7 Å². The first kappa shape index (κ1) is 26.1. The predicted molar refractivity (Wildman–Crippen MR) is 144 cm³/mol. The third-order valence-electron chi connectivity index (χ3n) is 6.52. The molecule has 2 aromatic carbocycles. The highest BCUT2D eigenvalue weighted by molar-refractivity contribution is 6.46. The van der Waals surface area contributed by atoms with E-state index in [1.54, 1.807) is 36.7 Å². The van der Waals surface area contributed by atoms with Crippen molar-refractivity contribution in [1.29, 1.82) is 0 Å². The smallest absolute Gasteiger partial charge is 0.295 e. The van der Waals surface area contributed by atoms with Crippen LogP contribution in [0.2, 0.25) is 0 Å². The van der Waals surface area contributed by atoms with Crippen molar-refractivity contribution in [3.8, 4) is 5.75 Å². The normalized spacial score (nSPS) is 17.5. The zero-order chi connectivity index (χ0) is 26.9. The maximum atomic E-state index is 13.4. The summed E-state index contributed by atoms with van der Waals surface area (Å²) in [7, 11) is 0. The third kappa shape index (κ3) is 5.43. The number of aromatic nitrogens is 1. The summed E-state index contributed by atoms with van der Waals surface area (Å²) < 4.78 is 5.82. The Morgan fingerprint density at radius 1 is 1.08 bits per heavy atom. The van der Waals surface area contributed by atoms with E-state index in [1.807, 2.05) is 51.1 Å². The quantitative estimate of drug-likeness (QED) is 0.252. The Hall–Kier alpha value is -3.93. The van der Waals surface area contributed by atoms with Gasteiger partial charge in [-0.2, -0.15) is 0 Å². The number of ketones is 1. The fourth-order valence-corrected chi connectivity index (χ4v) is 4.58. The molecule has 1 aliphatic rings. The highest BCUT2D eigenvalue weighted by atomic mass is 16.5. The predicted octanol–water partition coefficient (Wildman–Crippen LogP) is 6.10. The second-order valence-corrected chi connectivity index (χ2v) is 10.8. The Kier molecular flexibility index (Phi) is 7.21. The molecule has 3 aromatic rings. The van der Waals surface area contributed by atoms with E-state index in [-0.39, 0.29) is 29.4 Å². The minimum atomic E-state index is -0.735. The lowest BCUT2D eigenvalue weighted by Gasteiger charge is -2.26. The molecule has 1 aliphatic heterocycles. The maximum absolute atomic E-state index is 13.4. The summed E-state index contributed by atoms with van der Waals surface area (Å²) in [6.07, 6.45) is 3.34. The second kappa shape index (κ2) is 10.2. The number of carbonyl (C=O) groups is 2. The van der Waals surface area contributed by atoms with Crippen LogP contribution in [0.3, 0.4) is 0 Å². The average Bonchev–Trinajstić information content (AvgIpc) is 3.09. The van der Waals surface area contributed by atoms with Crippen molar-refractivity contribution in [2.75, 3.05) is 0 Å². The molecule has 0 bridgehead atoms. The number of nitrogens with zero attached hydrogens (tertiary/aromatic N) is 2. The largest absolute Gasteiger partial charge is 0.507 e. The number of likely N-dealkylation sites (tertiary alicyclic amines) is 1. The number of amides is 1. The number of rotatable bonds is 6. The summed E-state index contributed by atoms with van der Waals surface area (Å²) in [6.45, 7) is 12.4. The second-order valence-electron chi connectivity index (χ2n) is 10.8. The molecule has 0 saturated carbocycles. The van der Waals surface area contributed by atoms with Crippen LogP contribution < -0.4 is 4.74 Å².